The number of hydrogen-bond donors (Lipinski definition) is 3. The molecule has 0 fully saturated rings. The molecule has 0 aliphatic carbocycles. The molecule has 6 nitrogen and oxygen atoms in total. The average Bonchev–Trinajstić information content (AvgIpc) is 2.83. The molecule has 0 saturated heterocycles. The Morgan fingerprint density at radius 1 is 0.351 bits per heavy atom. The molecule has 3 N–H and O–H groups in total. The SMILES string of the molecule is CCCCCCCCCC(=O)O.CCCCCCCCCC(=O)O.CCCCCCCCCC(=O)O.[Al]. The van der Waals surface area contributed by atoms with Crippen LogP contribution in [0.1, 0.15) is 175 Å². The molecule has 0 amide bonds. The van der Waals surface area contributed by atoms with Gasteiger partial charge >= 0.3 is 17.9 Å². The molecule has 0 aromatic carbocycles. The summed E-state index contributed by atoms with van der Waals surface area (Å²) in [7, 11) is 0. The minimum absolute atomic E-state index is 0. The van der Waals surface area contributed by atoms with Crippen LogP contribution in [0.15, 0.2) is 0 Å². The zero-order valence-electron chi connectivity index (χ0n) is 24.6. The van der Waals surface area contributed by atoms with E-state index in [1.165, 1.54) is 96.3 Å². The average molecular weight is 544 g/mol. The van der Waals surface area contributed by atoms with Crippen molar-refractivity contribution in [2.24, 2.45) is 0 Å². The first-order valence-electron chi connectivity index (χ1n) is 15.0. The molecule has 0 aromatic rings. The van der Waals surface area contributed by atoms with Gasteiger partial charge < -0.3 is 15.3 Å². The first kappa shape index (κ1) is 43.0. The van der Waals surface area contributed by atoms with Crippen LogP contribution < -0.4 is 0 Å². The van der Waals surface area contributed by atoms with Gasteiger partial charge in [0.05, 0.1) is 0 Å². The van der Waals surface area contributed by atoms with Gasteiger partial charge in [0.15, 0.2) is 0 Å². The van der Waals surface area contributed by atoms with Crippen LogP contribution in [0.4, 0.5) is 0 Å². The van der Waals surface area contributed by atoms with Crippen molar-refractivity contribution in [1.29, 1.82) is 0 Å². The van der Waals surface area contributed by atoms with E-state index in [1.54, 1.807) is 0 Å². The highest BCUT2D eigenvalue weighted by atomic mass is 27.0. The van der Waals surface area contributed by atoms with Crippen LogP contribution in [-0.4, -0.2) is 50.6 Å². The van der Waals surface area contributed by atoms with Gasteiger partial charge in [-0.25, -0.2) is 0 Å². The summed E-state index contributed by atoms with van der Waals surface area (Å²) in [6.45, 7) is 6.60. The molecule has 0 atom stereocenters. The predicted octanol–water partition coefficient (Wildman–Crippen LogP) is 9.25. The highest BCUT2D eigenvalue weighted by Gasteiger charge is 1.97. The third-order valence-electron chi connectivity index (χ3n) is 5.98. The molecule has 0 aliphatic rings. The van der Waals surface area contributed by atoms with Gasteiger partial charge in [-0.1, -0.05) is 136 Å². The van der Waals surface area contributed by atoms with E-state index in [9.17, 15) is 14.4 Å². The summed E-state index contributed by atoms with van der Waals surface area (Å²) >= 11 is 0. The molecule has 0 aliphatic heterocycles. The molecule has 3 radical (unpaired) electrons. The van der Waals surface area contributed by atoms with Gasteiger partial charge in [0.25, 0.3) is 0 Å². The fourth-order valence-electron chi connectivity index (χ4n) is 3.70. The Kier molecular flexibility index (Phi) is 45.9. The number of carboxylic acids is 3. The second-order valence-electron chi connectivity index (χ2n) is 9.80. The van der Waals surface area contributed by atoms with Crippen LogP contribution in [0.2, 0.25) is 0 Å². The molecule has 219 valence electrons. The molecule has 0 unspecified atom stereocenters. The lowest BCUT2D eigenvalue weighted by Crippen LogP contribution is -1.93. The van der Waals surface area contributed by atoms with Crippen molar-refractivity contribution in [2.45, 2.75) is 175 Å². The zero-order chi connectivity index (χ0) is 27.7. The Morgan fingerprint density at radius 2 is 0.514 bits per heavy atom. The molecule has 37 heavy (non-hydrogen) atoms. The molecule has 0 rings (SSSR count). The van der Waals surface area contributed by atoms with Crippen molar-refractivity contribution >= 4 is 35.3 Å². The lowest BCUT2D eigenvalue weighted by atomic mass is 10.1. The zero-order valence-corrected chi connectivity index (χ0v) is 25.8. The summed E-state index contributed by atoms with van der Waals surface area (Å²) < 4.78 is 0. The smallest absolute Gasteiger partial charge is 0.303 e. The van der Waals surface area contributed by atoms with Crippen molar-refractivity contribution in [2.75, 3.05) is 0 Å². The largest absolute Gasteiger partial charge is 0.481 e. The van der Waals surface area contributed by atoms with Gasteiger partial charge in [-0.05, 0) is 19.3 Å². The van der Waals surface area contributed by atoms with E-state index in [4.69, 9.17) is 15.3 Å². The van der Waals surface area contributed by atoms with Crippen molar-refractivity contribution in [3.8, 4) is 0 Å². The van der Waals surface area contributed by atoms with Crippen LogP contribution in [0, 0.1) is 0 Å². The van der Waals surface area contributed by atoms with Gasteiger partial charge in [-0.15, -0.1) is 0 Å². The van der Waals surface area contributed by atoms with Gasteiger partial charge in [0.2, 0.25) is 0 Å². The number of aliphatic carboxylic acids is 3. The van der Waals surface area contributed by atoms with Gasteiger partial charge in [-0.3, -0.25) is 14.4 Å². The molecule has 0 bridgehead atoms. The second kappa shape index (κ2) is 39.5. The number of rotatable bonds is 24. The lowest BCUT2D eigenvalue weighted by Gasteiger charge is -1.98. The van der Waals surface area contributed by atoms with E-state index in [1.807, 2.05) is 0 Å². The Labute approximate surface area is 239 Å². The van der Waals surface area contributed by atoms with Crippen molar-refractivity contribution < 1.29 is 29.7 Å². The minimum atomic E-state index is -0.663. The van der Waals surface area contributed by atoms with E-state index in [0.717, 1.165) is 38.5 Å². The summed E-state index contributed by atoms with van der Waals surface area (Å²) in [5, 5.41) is 25.1. The fraction of sp³-hybridized carbons (Fsp3) is 0.900. The normalized spacial score (nSPS) is 9.81. The monoisotopic (exact) mass is 543 g/mol. The van der Waals surface area contributed by atoms with Crippen LogP contribution in [0.3, 0.4) is 0 Å². The highest BCUT2D eigenvalue weighted by Crippen LogP contribution is 2.09. The first-order valence-corrected chi connectivity index (χ1v) is 15.0. The molecule has 7 heteroatoms. The quantitative estimate of drug-likeness (QED) is 0.0826. The molecular weight excluding hydrogens is 483 g/mol. The lowest BCUT2D eigenvalue weighted by molar-refractivity contribution is -0.138. The van der Waals surface area contributed by atoms with Crippen LogP contribution in [-0.2, 0) is 14.4 Å². The molecule has 0 spiro atoms. The van der Waals surface area contributed by atoms with Crippen LogP contribution >= 0.6 is 0 Å². The Bertz CT molecular complexity index is 404. The molecule has 0 aromatic heterocycles. The molecule has 0 heterocycles. The number of carboxylic acid groups (broad SMARTS) is 3. The molecular formula is C30H60AlO6. The summed E-state index contributed by atoms with van der Waals surface area (Å²) in [4.78, 5) is 30.4. The van der Waals surface area contributed by atoms with Crippen molar-refractivity contribution in [1.82, 2.24) is 0 Å². The highest BCUT2D eigenvalue weighted by molar-refractivity contribution is 5.75. The minimum Gasteiger partial charge on any atom is -0.481 e. The van der Waals surface area contributed by atoms with E-state index in [0.29, 0.717) is 19.3 Å². The standard InChI is InChI=1S/3C10H20O2.Al/c3*1-2-3-4-5-6-7-8-9-10(11)12;/h3*2-9H2,1H3,(H,11,12);. The Balaban J connectivity index is -0.000000218. The summed E-state index contributed by atoms with van der Waals surface area (Å²) in [5.74, 6) is -1.99. The van der Waals surface area contributed by atoms with Crippen LogP contribution in [0.5, 0.6) is 0 Å². The fourth-order valence-corrected chi connectivity index (χ4v) is 3.70. The van der Waals surface area contributed by atoms with E-state index in [-0.39, 0.29) is 17.4 Å². The number of hydrogen-bond acceptors (Lipinski definition) is 3. The number of carbonyl (C=O) groups is 3. The topological polar surface area (TPSA) is 112 Å². The summed E-state index contributed by atoms with van der Waals surface area (Å²) in [6, 6.07) is 0. The first-order chi connectivity index (χ1) is 17.3. The summed E-state index contributed by atoms with van der Waals surface area (Å²) in [5.41, 5.74) is 0. The van der Waals surface area contributed by atoms with E-state index < -0.39 is 17.9 Å². The number of unbranched alkanes of at least 4 members (excludes halogenated alkanes) is 18. The van der Waals surface area contributed by atoms with E-state index >= 15 is 0 Å². The van der Waals surface area contributed by atoms with Crippen molar-refractivity contribution in [3.05, 3.63) is 0 Å². The maximum Gasteiger partial charge on any atom is 0.303 e. The Morgan fingerprint density at radius 3 is 0.676 bits per heavy atom. The van der Waals surface area contributed by atoms with E-state index in [2.05, 4.69) is 20.8 Å². The molecule has 0 saturated carbocycles. The van der Waals surface area contributed by atoms with Gasteiger partial charge in [0, 0.05) is 36.6 Å². The van der Waals surface area contributed by atoms with Gasteiger partial charge in [-0.2, -0.15) is 0 Å². The predicted molar refractivity (Wildman–Crippen MR) is 156 cm³/mol. The maximum atomic E-state index is 10.1. The summed E-state index contributed by atoms with van der Waals surface area (Å²) in [6.07, 6.45) is 25.9. The maximum absolute atomic E-state index is 10.1. The second-order valence-corrected chi connectivity index (χ2v) is 9.80. The third kappa shape index (κ3) is 56.3. The van der Waals surface area contributed by atoms with Crippen LogP contribution in [0.25, 0.3) is 0 Å². The van der Waals surface area contributed by atoms with Gasteiger partial charge in [0.1, 0.15) is 0 Å². The van der Waals surface area contributed by atoms with Crippen molar-refractivity contribution in [3.63, 3.8) is 0 Å². The Hall–Kier alpha value is -1.06. The third-order valence-corrected chi connectivity index (χ3v) is 5.98.